The molecule has 2 aromatic rings. The highest BCUT2D eigenvalue weighted by Crippen LogP contribution is 2.13. The molecule has 116 valence electrons. The number of imidazole rings is 1. The molecule has 2 aromatic heterocycles. The molecule has 3 rings (SSSR count). The van der Waals surface area contributed by atoms with Gasteiger partial charge in [-0.3, -0.25) is 4.79 Å². The van der Waals surface area contributed by atoms with Gasteiger partial charge in [-0.25, -0.2) is 9.78 Å². The number of ether oxygens (including phenoxy) is 1. The molecule has 1 fully saturated rings. The Morgan fingerprint density at radius 3 is 2.68 bits per heavy atom. The Balaban J connectivity index is 1.72. The Morgan fingerprint density at radius 2 is 2.00 bits per heavy atom. The van der Waals surface area contributed by atoms with Crippen LogP contribution in [0, 0.1) is 6.92 Å². The third kappa shape index (κ3) is 2.68. The molecule has 1 aliphatic rings. The van der Waals surface area contributed by atoms with E-state index in [9.17, 15) is 9.59 Å². The molecule has 0 N–H and O–H groups in total. The van der Waals surface area contributed by atoms with Gasteiger partial charge >= 0.3 is 5.97 Å². The van der Waals surface area contributed by atoms with Gasteiger partial charge in [0.15, 0.2) is 11.8 Å². The first-order valence-electron chi connectivity index (χ1n) is 7.51. The summed E-state index contributed by atoms with van der Waals surface area (Å²) in [5, 5.41) is 0. The minimum atomic E-state index is -0.781. The van der Waals surface area contributed by atoms with Crippen molar-refractivity contribution in [1.29, 1.82) is 0 Å². The summed E-state index contributed by atoms with van der Waals surface area (Å²) in [6.45, 7) is 5.03. The molecule has 6 heteroatoms. The molecule has 3 heterocycles. The fourth-order valence-electron chi connectivity index (χ4n) is 2.71. The number of hydrogen-bond donors (Lipinski definition) is 0. The topological polar surface area (TPSA) is 63.9 Å². The molecule has 0 spiro atoms. The van der Waals surface area contributed by atoms with Gasteiger partial charge < -0.3 is 14.0 Å². The minimum Gasteiger partial charge on any atom is -0.448 e. The molecule has 6 nitrogen and oxygen atoms in total. The lowest BCUT2D eigenvalue weighted by Gasteiger charge is -2.19. The van der Waals surface area contributed by atoms with Crippen molar-refractivity contribution in [2.75, 3.05) is 13.1 Å². The first kappa shape index (κ1) is 14.6. The van der Waals surface area contributed by atoms with E-state index in [-0.39, 0.29) is 11.6 Å². The van der Waals surface area contributed by atoms with E-state index in [1.807, 2.05) is 29.5 Å². The van der Waals surface area contributed by atoms with Crippen molar-refractivity contribution in [3.05, 3.63) is 35.8 Å². The van der Waals surface area contributed by atoms with Crippen LogP contribution in [0.5, 0.6) is 0 Å². The normalized spacial score (nSPS) is 16.0. The van der Waals surface area contributed by atoms with Crippen LogP contribution in [-0.4, -0.2) is 45.4 Å². The van der Waals surface area contributed by atoms with Gasteiger partial charge in [0.05, 0.1) is 0 Å². The summed E-state index contributed by atoms with van der Waals surface area (Å²) in [5.41, 5.74) is 1.88. The third-order valence-electron chi connectivity index (χ3n) is 3.95. The molecule has 1 saturated heterocycles. The minimum absolute atomic E-state index is 0.134. The molecular formula is C16H19N3O3. The zero-order valence-corrected chi connectivity index (χ0v) is 12.8. The Bertz CT molecular complexity index is 716. The van der Waals surface area contributed by atoms with Crippen molar-refractivity contribution in [3.8, 4) is 0 Å². The number of likely N-dealkylation sites (tertiary alicyclic amines) is 1. The van der Waals surface area contributed by atoms with Gasteiger partial charge in [-0.05, 0) is 38.8 Å². The van der Waals surface area contributed by atoms with E-state index in [4.69, 9.17) is 4.74 Å². The van der Waals surface area contributed by atoms with Crippen LogP contribution in [0.2, 0.25) is 0 Å². The van der Waals surface area contributed by atoms with Crippen molar-refractivity contribution < 1.29 is 14.3 Å². The second-order valence-corrected chi connectivity index (χ2v) is 5.60. The third-order valence-corrected chi connectivity index (χ3v) is 3.95. The largest absolute Gasteiger partial charge is 0.448 e. The van der Waals surface area contributed by atoms with E-state index < -0.39 is 12.1 Å². The van der Waals surface area contributed by atoms with Crippen LogP contribution in [0.15, 0.2) is 24.4 Å². The van der Waals surface area contributed by atoms with Crippen molar-refractivity contribution in [3.63, 3.8) is 0 Å². The summed E-state index contributed by atoms with van der Waals surface area (Å²) in [7, 11) is 0. The summed E-state index contributed by atoms with van der Waals surface area (Å²) >= 11 is 0. The first-order valence-corrected chi connectivity index (χ1v) is 7.51. The molecule has 0 radical (unpaired) electrons. The molecule has 22 heavy (non-hydrogen) atoms. The molecule has 1 atom stereocenters. The number of hydrogen-bond acceptors (Lipinski definition) is 4. The number of pyridine rings is 1. The molecule has 1 unspecified atom stereocenters. The number of nitrogens with zero attached hydrogens (tertiary/aromatic N) is 3. The Labute approximate surface area is 128 Å². The maximum Gasteiger partial charge on any atom is 0.359 e. The van der Waals surface area contributed by atoms with Crippen LogP contribution in [0.4, 0.5) is 0 Å². The van der Waals surface area contributed by atoms with Crippen LogP contribution in [0.1, 0.15) is 35.9 Å². The number of aryl methyl sites for hydroxylation is 1. The molecule has 1 amide bonds. The number of rotatable bonds is 3. The van der Waals surface area contributed by atoms with E-state index in [2.05, 4.69) is 4.98 Å². The summed E-state index contributed by atoms with van der Waals surface area (Å²) in [6, 6.07) is 5.64. The van der Waals surface area contributed by atoms with Crippen LogP contribution in [-0.2, 0) is 9.53 Å². The molecule has 0 aliphatic carbocycles. The highest BCUT2D eigenvalue weighted by atomic mass is 16.5. The van der Waals surface area contributed by atoms with Gasteiger partial charge in [0, 0.05) is 25.0 Å². The number of aromatic nitrogens is 2. The second kappa shape index (κ2) is 5.79. The van der Waals surface area contributed by atoms with E-state index >= 15 is 0 Å². The average Bonchev–Trinajstić information content (AvgIpc) is 3.16. The fourth-order valence-corrected chi connectivity index (χ4v) is 2.71. The lowest BCUT2D eigenvalue weighted by Crippen LogP contribution is -2.38. The maximum atomic E-state index is 12.2. The molecular weight excluding hydrogens is 282 g/mol. The lowest BCUT2D eigenvalue weighted by atomic mass is 10.3. The number of carbonyl (C=O) groups is 2. The number of fused-ring (bicyclic) bond motifs is 1. The Morgan fingerprint density at radius 1 is 1.27 bits per heavy atom. The summed E-state index contributed by atoms with van der Waals surface area (Å²) in [4.78, 5) is 30.3. The van der Waals surface area contributed by atoms with Crippen LogP contribution < -0.4 is 0 Å². The van der Waals surface area contributed by atoms with Gasteiger partial charge in [-0.15, -0.1) is 0 Å². The van der Waals surface area contributed by atoms with Crippen LogP contribution in [0.3, 0.4) is 0 Å². The lowest BCUT2D eigenvalue weighted by molar-refractivity contribution is -0.138. The van der Waals surface area contributed by atoms with E-state index in [0.29, 0.717) is 5.65 Å². The molecule has 1 aliphatic heterocycles. The average molecular weight is 301 g/mol. The van der Waals surface area contributed by atoms with Crippen molar-refractivity contribution >= 4 is 17.5 Å². The quantitative estimate of drug-likeness (QED) is 0.811. The van der Waals surface area contributed by atoms with Gasteiger partial charge in [-0.2, -0.15) is 0 Å². The van der Waals surface area contributed by atoms with Gasteiger partial charge in [0.1, 0.15) is 5.65 Å². The molecule has 0 saturated carbocycles. The first-order chi connectivity index (χ1) is 10.6. The van der Waals surface area contributed by atoms with Gasteiger partial charge in [0.2, 0.25) is 0 Å². The SMILES string of the molecule is Cc1cccc2nc(C(=O)OC(C)C(=O)N3CCCC3)cn12. The van der Waals surface area contributed by atoms with Crippen LogP contribution >= 0.6 is 0 Å². The molecule has 0 bridgehead atoms. The zero-order valence-electron chi connectivity index (χ0n) is 12.8. The standard InChI is InChI=1S/C16H19N3O3/c1-11-6-5-7-14-17-13(10-19(11)14)16(21)22-12(2)15(20)18-8-3-4-9-18/h5-7,10,12H,3-4,8-9H2,1-2H3. The Hall–Kier alpha value is -2.37. The monoisotopic (exact) mass is 301 g/mol. The number of amides is 1. The second-order valence-electron chi connectivity index (χ2n) is 5.60. The number of esters is 1. The van der Waals surface area contributed by atoms with Gasteiger partial charge in [0.25, 0.3) is 5.91 Å². The maximum absolute atomic E-state index is 12.2. The van der Waals surface area contributed by atoms with Crippen molar-refractivity contribution in [2.24, 2.45) is 0 Å². The summed E-state index contributed by atoms with van der Waals surface area (Å²) < 4.78 is 7.10. The smallest absolute Gasteiger partial charge is 0.359 e. The predicted molar refractivity (Wildman–Crippen MR) is 80.6 cm³/mol. The van der Waals surface area contributed by atoms with Gasteiger partial charge in [-0.1, -0.05) is 6.07 Å². The summed E-state index contributed by atoms with van der Waals surface area (Å²) in [6.07, 6.45) is 2.88. The highest BCUT2D eigenvalue weighted by molar-refractivity contribution is 5.91. The Kier molecular flexibility index (Phi) is 3.83. The molecule has 0 aromatic carbocycles. The fraction of sp³-hybridized carbons (Fsp3) is 0.438. The summed E-state index contributed by atoms with van der Waals surface area (Å²) in [5.74, 6) is -0.700. The zero-order chi connectivity index (χ0) is 15.7. The number of carbonyl (C=O) groups excluding carboxylic acids is 2. The van der Waals surface area contributed by atoms with E-state index in [0.717, 1.165) is 31.6 Å². The van der Waals surface area contributed by atoms with Crippen molar-refractivity contribution in [1.82, 2.24) is 14.3 Å². The highest BCUT2D eigenvalue weighted by Gasteiger charge is 2.27. The van der Waals surface area contributed by atoms with E-state index in [1.165, 1.54) is 0 Å². The predicted octanol–water partition coefficient (Wildman–Crippen LogP) is 1.81. The van der Waals surface area contributed by atoms with E-state index in [1.54, 1.807) is 18.0 Å². The van der Waals surface area contributed by atoms with Crippen molar-refractivity contribution in [2.45, 2.75) is 32.8 Å². The van der Waals surface area contributed by atoms with Crippen LogP contribution in [0.25, 0.3) is 5.65 Å².